The van der Waals surface area contributed by atoms with E-state index in [0.29, 0.717) is 12.4 Å². The summed E-state index contributed by atoms with van der Waals surface area (Å²) in [7, 11) is 0. The van der Waals surface area contributed by atoms with Gasteiger partial charge in [0.25, 0.3) is 0 Å². The van der Waals surface area contributed by atoms with Crippen molar-refractivity contribution in [2.24, 2.45) is 0 Å². The van der Waals surface area contributed by atoms with Crippen LogP contribution in [0.1, 0.15) is 23.7 Å². The molecule has 0 fully saturated rings. The molecule has 0 aliphatic carbocycles. The number of aliphatic hydroxyl groups is 1. The van der Waals surface area contributed by atoms with Gasteiger partial charge in [0.1, 0.15) is 5.60 Å². The molecule has 1 unspecified atom stereocenters. The Kier molecular flexibility index (Phi) is 5.79. The summed E-state index contributed by atoms with van der Waals surface area (Å²) in [6, 6.07) is 28.0. The number of nitrogens with zero attached hydrogens (tertiary/aromatic N) is 1. The maximum Gasteiger partial charge on any atom is 0.172 e. The highest BCUT2D eigenvalue weighted by Gasteiger charge is 2.24. The molecule has 30 heavy (non-hydrogen) atoms. The fourth-order valence-electron chi connectivity index (χ4n) is 3.46. The van der Waals surface area contributed by atoms with Crippen LogP contribution >= 0.6 is 0 Å². The first-order valence-corrected chi connectivity index (χ1v) is 10.0. The lowest BCUT2D eigenvalue weighted by Gasteiger charge is -2.23. The number of aromatic nitrogens is 1. The lowest BCUT2D eigenvalue weighted by Crippen LogP contribution is -2.27. The van der Waals surface area contributed by atoms with Crippen LogP contribution in [0.25, 0.3) is 22.5 Å². The molecule has 4 rings (SSSR count). The summed E-state index contributed by atoms with van der Waals surface area (Å²) < 4.78 is 11.5. The average molecular weight is 399 g/mol. The molecule has 3 aromatic carbocycles. The summed E-state index contributed by atoms with van der Waals surface area (Å²) in [5.41, 5.74) is 4.70. The zero-order valence-electron chi connectivity index (χ0n) is 17.2. The van der Waals surface area contributed by atoms with Crippen LogP contribution in [0.5, 0.6) is 0 Å². The quantitative estimate of drug-likeness (QED) is 0.430. The van der Waals surface area contributed by atoms with E-state index in [9.17, 15) is 5.11 Å². The smallest absolute Gasteiger partial charge is 0.172 e. The minimum absolute atomic E-state index is 0.175. The Morgan fingerprint density at radius 2 is 1.40 bits per heavy atom. The summed E-state index contributed by atoms with van der Waals surface area (Å²) >= 11 is 0. The largest absolute Gasteiger partial charge is 0.383 e. The standard InChI is InChI=1S/C26H25NO3/c1-19-24(17-29-18-26(2,28)23-11-7-4-8-12-23)25(30-27-19)22-15-13-21(14-16-22)20-9-5-3-6-10-20/h3-16,28H,17-18H2,1-2H3. The Morgan fingerprint density at radius 1 is 0.833 bits per heavy atom. The van der Waals surface area contributed by atoms with E-state index in [0.717, 1.165) is 27.9 Å². The minimum Gasteiger partial charge on any atom is -0.383 e. The SMILES string of the molecule is Cc1noc(-c2ccc(-c3ccccc3)cc2)c1COCC(C)(O)c1ccccc1. The first-order valence-electron chi connectivity index (χ1n) is 10.0. The molecule has 152 valence electrons. The van der Waals surface area contributed by atoms with Gasteiger partial charge in [-0.2, -0.15) is 0 Å². The summed E-state index contributed by atoms with van der Waals surface area (Å²) in [5.74, 6) is 0.700. The van der Waals surface area contributed by atoms with Gasteiger partial charge in [0.2, 0.25) is 0 Å². The zero-order valence-corrected chi connectivity index (χ0v) is 17.2. The van der Waals surface area contributed by atoms with Gasteiger partial charge in [-0.1, -0.05) is 90.1 Å². The average Bonchev–Trinajstić information content (AvgIpc) is 3.15. The highest BCUT2D eigenvalue weighted by atomic mass is 16.5. The number of aryl methyl sites for hydroxylation is 1. The van der Waals surface area contributed by atoms with Gasteiger partial charge in [-0.05, 0) is 30.5 Å². The van der Waals surface area contributed by atoms with E-state index in [2.05, 4.69) is 29.4 Å². The second kappa shape index (κ2) is 8.66. The molecule has 4 heteroatoms. The first kappa shape index (κ1) is 20.1. The number of benzene rings is 3. The maximum absolute atomic E-state index is 10.7. The van der Waals surface area contributed by atoms with Crippen LogP contribution in [0.4, 0.5) is 0 Å². The molecular weight excluding hydrogens is 374 g/mol. The lowest BCUT2D eigenvalue weighted by molar-refractivity contribution is -0.0435. The molecule has 0 saturated carbocycles. The van der Waals surface area contributed by atoms with Crippen molar-refractivity contribution in [3.8, 4) is 22.5 Å². The molecule has 1 aromatic heterocycles. The Labute approximate surface area is 176 Å². The molecule has 0 saturated heterocycles. The van der Waals surface area contributed by atoms with E-state index < -0.39 is 5.60 Å². The maximum atomic E-state index is 10.7. The third-order valence-corrected chi connectivity index (χ3v) is 5.26. The predicted octanol–water partition coefficient (Wildman–Crippen LogP) is 5.74. The summed E-state index contributed by atoms with van der Waals surface area (Å²) in [5, 5.41) is 14.9. The molecule has 0 aliphatic heterocycles. The van der Waals surface area contributed by atoms with Gasteiger partial charge in [0, 0.05) is 11.1 Å². The van der Waals surface area contributed by atoms with Crippen molar-refractivity contribution in [2.45, 2.75) is 26.1 Å². The molecule has 4 nitrogen and oxygen atoms in total. The van der Waals surface area contributed by atoms with Gasteiger partial charge in [-0.15, -0.1) is 0 Å². The van der Waals surface area contributed by atoms with Crippen LogP contribution in [-0.2, 0) is 16.9 Å². The molecule has 1 heterocycles. The van der Waals surface area contributed by atoms with Crippen molar-refractivity contribution in [3.05, 3.63) is 102 Å². The number of hydrogen-bond acceptors (Lipinski definition) is 4. The normalized spacial score (nSPS) is 13.2. The lowest BCUT2D eigenvalue weighted by atomic mass is 9.97. The fraction of sp³-hybridized carbons (Fsp3) is 0.192. The van der Waals surface area contributed by atoms with E-state index >= 15 is 0 Å². The predicted molar refractivity (Wildman–Crippen MR) is 118 cm³/mol. The van der Waals surface area contributed by atoms with Crippen molar-refractivity contribution in [3.63, 3.8) is 0 Å². The topological polar surface area (TPSA) is 55.5 Å². The molecule has 0 spiro atoms. The second-order valence-electron chi connectivity index (χ2n) is 7.65. The third kappa shape index (κ3) is 4.35. The Morgan fingerprint density at radius 3 is 2.07 bits per heavy atom. The third-order valence-electron chi connectivity index (χ3n) is 5.26. The van der Waals surface area contributed by atoms with E-state index in [1.165, 1.54) is 5.56 Å². The van der Waals surface area contributed by atoms with Crippen LogP contribution in [-0.4, -0.2) is 16.9 Å². The zero-order chi connectivity index (χ0) is 21.0. The molecule has 1 N–H and O–H groups in total. The highest BCUT2D eigenvalue weighted by Crippen LogP contribution is 2.30. The van der Waals surface area contributed by atoms with Crippen molar-refractivity contribution in [1.82, 2.24) is 5.16 Å². The number of rotatable bonds is 7. The fourth-order valence-corrected chi connectivity index (χ4v) is 3.46. The summed E-state index contributed by atoms with van der Waals surface area (Å²) in [6.07, 6.45) is 0. The van der Waals surface area contributed by atoms with Crippen molar-refractivity contribution < 1.29 is 14.4 Å². The molecule has 0 amide bonds. The number of hydrogen-bond donors (Lipinski definition) is 1. The molecule has 1 atom stereocenters. The van der Waals surface area contributed by atoms with Gasteiger partial charge in [-0.3, -0.25) is 0 Å². The highest BCUT2D eigenvalue weighted by molar-refractivity contribution is 5.69. The number of ether oxygens (including phenoxy) is 1. The van der Waals surface area contributed by atoms with Crippen LogP contribution in [0.3, 0.4) is 0 Å². The van der Waals surface area contributed by atoms with Crippen molar-refractivity contribution in [1.29, 1.82) is 0 Å². The van der Waals surface area contributed by atoms with E-state index in [4.69, 9.17) is 9.26 Å². The Balaban J connectivity index is 1.48. The molecular formula is C26H25NO3. The molecule has 0 aliphatic rings. The first-order chi connectivity index (χ1) is 14.5. The minimum atomic E-state index is -1.07. The van der Waals surface area contributed by atoms with Gasteiger partial charge in [0.05, 0.1) is 18.9 Å². The van der Waals surface area contributed by atoms with Crippen molar-refractivity contribution >= 4 is 0 Å². The summed E-state index contributed by atoms with van der Waals surface area (Å²) in [4.78, 5) is 0. The van der Waals surface area contributed by atoms with Gasteiger partial charge in [0.15, 0.2) is 5.76 Å². The van der Waals surface area contributed by atoms with Gasteiger partial charge in [-0.25, -0.2) is 0 Å². The van der Waals surface area contributed by atoms with Gasteiger partial charge >= 0.3 is 0 Å². The second-order valence-corrected chi connectivity index (χ2v) is 7.65. The molecule has 0 radical (unpaired) electrons. The Hall–Kier alpha value is -3.21. The summed E-state index contributed by atoms with van der Waals surface area (Å²) in [6.45, 7) is 4.15. The monoisotopic (exact) mass is 399 g/mol. The van der Waals surface area contributed by atoms with Gasteiger partial charge < -0.3 is 14.4 Å². The van der Waals surface area contributed by atoms with E-state index in [1.807, 2.05) is 67.6 Å². The van der Waals surface area contributed by atoms with Crippen LogP contribution in [0.2, 0.25) is 0 Å². The van der Waals surface area contributed by atoms with Crippen LogP contribution < -0.4 is 0 Å². The van der Waals surface area contributed by atoms with Crippen LogP contribution in [0, 0.1) is 6.92 Å². The molecule has 0 bridgehead atoms. The van der Waals surface area contributed by atoms with Crippen LogP contribution in [0.15, 0.2) is 89.5 Å². The molecule has 4 aromatic rings. The Bertz CT molecular complexity index is 1080. The van der Waals surface area contributed by atoms with E-state index in [-0.39, 0.29) is 6.61 Å². The van der Waals surface area contributed by atoms with Crippen molar-refractivity contribution in [2.75, 3.05) is 6.61 Å². The van der Waals surface area contributed by atoms with E-state index in [1.54, 1.807) is 6.92 Å².